The van der Waals surface area contributed by atoms with Crippen molar-refractivity contribution in [3.8, 4) is 0 Å². The topological polar surface area (TPSA) is 12.0 Å². The van der Waals surface area contributed by atoms with Crippen LogP contribution in [0.1, 0.15) is 45.1 Å². The molecule has 1 saturated carbocycles. The van der Waals surface area contributed by atoms with E-state index in [9.17, 15) is 0 Å². The van der Waals surface area contributed by atoms with E-state index in [0.29, 0.717) is 0 Å². The largest absolute Gasteiger partial charge is 0.385 e. The standard InChI is InChI=1S/C16H25N/c1-3-15-6-4-5-7-16(15)17-12-14-10-8-13(2)9-11-14/h4-7,13-14,17H,3,8-12H2,1-2H3. The van der Waals surface area contributed by atoms with E-state index in [0.717, 1.165) is 24.8 Å². The van der Waals surface area contributed by atoms with Crippen LogP contribution in [0, 0.1) is 11.8 Å². The van der Waals surface area contributed by atoms with Gasteiger partial charge >= 0.3 is 0 Å². The molecule has 0 saturated heterocycles. The molecule has 0 spiro atoms. The van der Waals surface area contributed by atoms with Crippen LogP contribution in [0.25, 0.3) is 0 Å². The van der Waals surface area contributed by atoms with Crippen LogP contribution in [-0.4, -0.2) is 6.54 Å². The summed E-state index contributed by atoms with van der Waals surface area (Å²) in [6.07, 6.45) is 6.76. The summed E-state index contributed by atoms with van der Waals surface area (Å²) >= 11 is 0. The van der Waals surface area contributed by atoms with Crippen LogP contribution in [0.4, 0.5) is 5.69 Å². The number of rotatable bonds is 4. The number of para-hydroxylation sites is 1. The van der Waals surface area contributed by atoms with Crippen molar-refractivity contribution in [1.29, 1.82) is 0 Å². The van der Waals surface area contributed by atoms with Gasteiger partial charge in [-0.1, -0.05) is 44.9 Å². The molecular formula is C16H25N. The molecule has 0 aromatic heterocycles. The first-order chi connectivity index (χ1) is 8.29. The van der Waals surface area contributed by atoms with E-state index in [1.165, 1.54) is 36.9 Å². The first kappa shape index (κ1) is 12.5. The molecule has 1 heteroatoms. The molecule has 17 heavy (non-hydrogen) atoms. The summed E-state index contributed by atoms with van der Waals surface area (Å²) < 4.78 is 0. The summed E-state index contributed by atoms with van der Waals surface area (Å²) in [5, 5.41) is 3.65. The highest BCUT2D eigenvalue weighted by Gasteiger charge is 2.17. The predicted octanol–water partition coefficient (Wildman–Crippen LogP) is 4.49. The van der Waals surface area contributed by atoms with Crippen molar-refractivity contribution in [3.05, 3.63) is 29.8 Å². The van der Waals surface area contributed by atoms with Gasteiger partial charge in [0.15, 0.2) is 0 Å². The average molecular weight is 231 g/mol. The lowest BCUT2D eigenvalue weighted by Gasteiger charge is -2.26. The van der Waals surface area contributed by atoms with Crippen molar-refractivity contribution in [3.63, 3.8) is 0 Å². The number of aryl methyl sites for hydroxylation is 1. The molecule has 0 unspecified atom stereocenters. The summed E-state index contributed by atoms with van der Waals surface area (Å²) in [5.41, 5.74) is 2.78. The highest BCUT2D eigenvalue weighted by atomic mass is 14.9. The van der Waals surface area contributed by atoms with Gasteiger partial charge in [0.1, 0.15) is 0 Å². The summed E-state index contributed by atoms with van der Waals surface area (Å²) in [4.78, 5) is 0. The maximum atomic E-state index is 3.65. The lowest BCUT2D eigenvalue weighted by atomic mass is 9.83. The Hall–Kier alpha value is -0.980. The predicted molar refractivity (Wildman–Crippen MR) is 75.4 cm³/mol. The Balaban J connectivity index is 1.85. The molecule has 0 atom stereocenters. The smallest absolute Gasteiger partial charge is 0.0372 e. The Morgan fingerprint density at radius 1 is 1.12 bits per heavy atom. The van der Waals surface area contributed by atoms with Gasteiger partial charge in [-0.2, -0.15) is 0 Å². The maximum Gasteiger partial charge on any atom is 0.0372 e. The van der Waals surface area contributed by atoms with E-state index in [-0.39, 0.29) is 0 Å². The fraction of sp³-hybridized carbons (Fsp3) is 0.625. The van der Waals surface area contributed by atoms with E-state index in [1.807, 2.05) is 0 Å². The zero-order valence-electron chi connectivity index (χ0n) is 11.2. The fourth-order valence-electron chi connectivity index (χ4n) is 2.79. The second kappa shape index (κ2) is 6.09. The minimum atomic E-state index is 0.885. The number of hydrogen-bond acceptors (Lipinski definition) is 1. The molecule has 94 valence electrons. The molecule has 2 rings (SSSR count). The molecule has 1 aromatic rings. The summed E-state index contributed by atoms with van der Waals surface area (Å²) in [5.74, 6) is 1.84. The molecular weight excluding hydrogens is 206 g/mol. The van der Waals surface area contributed by atoms with Gasteiger partial charge in [-0.3, -0.25) is 0 Å². The minimum Gasteiger partial charge on any atom is -0.385 e. The van der Waals surface area contributed by atoms with Crippen LogP contribution < -0.4 is 5.32 Å². The molecule has 1 aliphatic rings. The number of nitrogens with one attached hydrogen (secondary N) is 1. The van der Waals surface area contributed by atoms with Crippen LogP contribution in [0.5, 0.6) is 0 Å². The second-order valence-electron chi connectivity index (χ2n) is 5.52. The third-order valence-corrected chi connectivity index (χ3v) is 4.11. The zero-order valence-corrected chi connectivity index (χ0v) is 11.2. The number of hydrogen-bond donors (Lipinski definition) is 1. The second-order valence-corrected chi connectivity index (χ2v) is 5.52. The van der Waals surface area contributed by atoms with Gasteiger partial charge in [0, 0.05) is 12.2 Å². The lowest BCUT2D eigenvalue weighted by molar-refractivity contribution is 0.300. The monoisotopic (exact) mass is 231 g/mol. The Labute approximate surface area is 106 Å². The lowest BCUT2D eigenvalue weighted by Crippen LogP contribution is -2.20. The van der Waals surface area contributed by atoms with Gasteiger partial charge in [0.2, 0.25) is 0 Å². The van der Waals surface area contributed by atoms with Gasteiger partial charge in [-0.15, -0.1) is 0 Å². The highest BCUT2D eigenvalue weighted by Crippen LogP contribution is 2.28. The van der Waals surface area contributed by atoms with Crippen LogP contribution in [0.15, 0.2) is 24.3 Å². The normalized spacial score (nSPS) is 24.6. The van der Waals surface area contributed by atoms with E-state index in [1.54, 1.807) is 0 Å². The van der Waals surface area contributed by atoms with Crippen LogP contribution in [0.3, 0.4) is 0 Å². The summed E-state index contributed by atoms with van der Waals surface area (Å²) in [7, 11) is 0. The van der Waals surface area contributed by atoms with E-state index < -0.39 is 0 Å². The van der Waals surface area contributed by atoms with Crippen molar-refractivity contribution in [2.75, 3.05) is 11.9 Å². The van der Waals surface area contributed by atoms with Crippen molar-refractivity contribution in [1.82, 2.24) is 0 Å². The average Bonchev–Trinajstić information content (AvgIpc) is 2.38. The van der Waals surface area contributed by atoms with Crippen LogP contribution >= 0.6 is 0 Å². The van der Waals surface area contributed by atoms with Crippen LogP contribution in [0.2, 0.25) is 0 Å². The molecule has 1 aliphatic carbocycles. The Bertz CT molecular complexity index is 337. The Morgan fingerprint density at radius 3 is 2.53 bits per heavy atom. The summed E-state index contributed by atoms with van der Waals surface area (Å²) in [6.45, 7) is 5.77. The molecule has 0 amide bonds. The first-order valence-corrected chi connectivity index (χ1v) is 7.11. The Kier molecular flexibility index (Phi) is 4.47. The highest BCUT2D eigenvalue weighted by molar-refractivity contribution is 5.51. The van der Waals surface area contributed by atoms with Crippen molar-refractivity contribution >= 4 is 5.69 Å². The third-order valence-electron chi connectivity index (χ3n) is 4.11. The molecule has 0 bridgehead atoms. The third kappa shape index (κ3) is 3.49. The number of anilines is 1. The van der Waals surface area contributed by atoms with Gasteiger partial charge in [0.25, 0.3) is 0 Å². The minimum absolute atomic E-state index is 0.885. The quantitative estimate of drug-likeness (QED) is 0.805. The van der Waals surface area contributed by atoms with Gasteiger partial charge < -0.3 is 5.32 Å². The summed E-state index contributed by atoms with van der Waals surface area (Å²) in [6, 6.07) is 8.70. The zero-order chi connectivity index (χ0) is 12.1. The van der Waals surface area contributed by atoms with Gasteiger partial charge in [0.05, 0.1) is 0 Å². The van der Waals surface area contributed by atoms with E-state index >= 15 is 0 Å². The molecule has 0 heterocycles. The maximum absolute atomic E-state index is 3.65. The SMILES string of the molecule is CCc1ccccc1NCC1CCC(C)CC1. The van der Waals surface area contributed by atoms with E-state index in [4.69, 9.17) is 0 Å². The van der Waals surface area contributed by atoms with Crippen molar-refractivity contribution in [2.45, 2.75) is 46.0 Å². The molecule has 1 nitrogen and oxygen atoms in total. The van der Waals surface area contributed by atoms with Crippen LogP contribution in [-0.2, 0) is 6.42 Å². The molecule has 0 radical (unpaired) electrons. The molecule has 1 fully saturated rings. The molecule has 1 aromatic carbocycles. The Morgan fingerprint density at radius 2 is 1.82 bits per heavy atom. The first-order valence-electron chi connectivity index (χ1n) is 7.11. The van der Waals surface area contributed by atoms with Gasteiger partial charge in [-0.05, 0) is 42.7 Å². The van der Waals surface area contributed by atoms with Crippen molar-refractivity contribution in [2.24, 2.45) is 11.8 Å². The van der Waals surface area contributed by atoms with E-state index in [2.05, 4.69) is 43.4 Å². The molecule has 0 aliphatic heterocycles. The fourth-order valence-corrected chi connectivity index (χ4v) is 2.79. The van der Waals surface area contributed by atoms with Gasteiger partial charge in [-0.25, -0.2) is 0 Å². The number of benzene rings is 1. The van der Waals surface area contributed by atoms with Crippen molar-refractivity contribution < 1.29 is 0 Å². The molecule has 1 N–H and O–H groups in total.